The molecule has 0 bridgehead atoms. The van der Waals surface area contributed by atoms with Crippen LogP contribution in [-0.2, 0) is 0 Å². The van der Waals surface area contributed by atoms with Crippen molar-refractivity contribution < 1.29 is 4.79 Å². The number of hydrogen-bond donors (Lipinski definition) is 2. The smallest absolute Gasteiger partial charge is 0.259 e. The van der Waals surface area contributed by atoms with Gasteiger partial charge in [-0.25, -0.2) is 9.97 Å². The zero-order valence-electron chi connectivity index (χ0n) is 16.0. The third-order valence-corrected chi connectivity index (χ3v) is 6.50. The van der Waals surface area contributed by atoms with Crippen LogP contribution in [0.5, 0.6) is 0 Å². The molecule has 8 heteroatoms. The highest BCUT2D eigenvalue weighted by Crippen LogP contribution is 2.31. The van der Waals surface area contributed by atoms with E-state index in [0.717, 1.165) is 44.8 Å². The van der Waals surface area contributed by atoms with Crippen LogP contribution in [0, 0.1) is 0 Å². The molecule has 2 aliphatic rings. The Morgan fingerprint density at radius 2 is 1.82 bits per heavy atom. The molecule has 4 rings (SSSR count). The van der Waals surface area contributed by atoms with Gasteiger partial charge in [0.2, 0.25) is 0 Å². The summed E-state index contributed by atoms with van der Waals surface area (Å²) in [7, 11) is 0. The van der Waals surface area contributed by atoms with Gasteiger partial charge in [0.25, 0.3) is 5.91 Å². The molecular weight excluding hydrogens is 394 g/mol. The first-order valence-corrected chi connectivity index (χ1v) is 10.8. The van der Waals surface area contributed by atoms with E-state index < -0.39 is 0 Å². The fourth-order valence-electron chi connectivity index (χ4n) is 3.82. The standard InChI is InChI=1S/C20H27N5OS.ClH/c26-19(24-20-23-14-17(27-20)15-7-9-21-10-8-15)16-5-6-18(22-13-16)25-11-3-1-2-4-12-25;/h5-6,13-15,21H,1-4,7-12H2,(H,23,24,26);1H. The normalized spacial score (nSPS) is 18.2. The molecule has 2 fully saturated rings. The average molecular weight is 422 g/mol. The lowest BCUT2D eigenvalue weighted by Gasteiger charge is -2.21. The Labute approximate surface area is 176 Å². The van der Waals surface area contributed by atoms with Crippen LogP contribution >= 0.6 is 23.7 Å². The van der Waals surface area contributed by atoms with Crippen molar-refractivity contribution in [1.82, 2.24) is 15.3 Å². The summed E-state index contributed by atoms with van der Waals surface area (Å²) >= 11 is 1.59. The summed E-state index contributed by atoms with van der Waals surface area (Å²) in [5.41, 5.74) is 0.576. The molecule has 28 heavy (non-hydrogen) atoms. The van der Waals surface area contributed by atoms with Gasteiger partial charge in [-0.3, -0.25) is 10.1 Å². The molecule has 2 saturated heterocycles. The average Bonchev–Trinajstić information content (AvgIpc) is 3.01. The van der Waals surface area contributed by atoms with E-state index in [9.17, 15) is 4.79 Å². The van der Waals surface area contributed by atoms with Crippen LogP contribution < -0.4 is 15.5 Å². The van der Waals surface area contributed by atoms with Crippen molar-refractivity contribution in [3.05, 3.63) is 35.0 Å². The van der Waals surface area contributed by atoms with Gasteiger partial charge in [-0.2, -0.15) is 0 Å². The topological polar surface area (TPSA) is 70.2 Å². The first kappa shape index (κ1) is 21.0. The Morgan fingerprint density at radius 3 is 2.50 bits per heavy atom. The summed E-state index contributed by atoms with van der Waals surface area (Å²) in [6, 6.07) is 3.83. The van der Waals surface area contributed by atoms with Crippen LogP contribution in [0.2, 0.25) is 0 Å². The minimum atomic E-state index is -0.142. The minimum Gasteiger partial charge on any atom is -0.357 e. The number of aromatic nitrogens is 2. The molecule has 2 N–H and O–H groups in total. The van der Waals surface area contributed by atoms with E-state index >= 15 is 0 Å². The number of thiazole rings is 1. The Hall–Kier alpha value is -1.70. The van der Waals surface area contributed by atoms with E-state index in [4.69, 9.17) is 0 Å². The van der Waals surface area contributed by atoms with Crippen molar-refractivity contribution in [2.45, 2.75) is 44.4 Å². The Balaban J connectivity index is 0.00000225. The van der Waals surface area contributed by atoms with Crippen molar-refractivity contribution in [3.8, 4) is 0 Å². The van der Waals surface area contributed by atoms with Gasteiger partial charge in [0.05, 0.1) is 5.56 Å². The summed E-state index contributed by atoms with van der Waals surface area (Å²) in [6.07, 6.45) is 10.9. The lowest BCUT2D eigenvalue weighted by molar-refractivity contribution is 0.102. The molecule has 0 spiro atoms. The number of carbonyl (C=O) groups excluding carboxylic acids is 1. The third kappa shape index (κ3) is 5.21. The Morgan fingerprint density at radius 1 is 1.07 bits per heavy atom. The van der Waals surface area contributed by atoms with Gasteiger partial charge in [-0.05, 0) is 56.8 Å². The molecule has 0 unspecified atom stereocenters. The van der Waals surface area contributed by atoms with Crippen molar-refractivity contribution in [1.29, 1.82) is 0 Å². The Kier molecular flexibility index (Phi) is 7.65. The second kappa shape index (κ2) is 10.2. The SMILES string of the molecule is Cl.O=C(Nc1ncc(C2CCNCC2)s1)c1ccc(N2CCCCCC2)nc1. The largest absolute Gasteiger partial charge is 0.357 e. The summed E-state index contributed by atoms with van der Waals surface area (Å²) in [5, 5.41) is 6.98. The highest BCUT2D eigenvalue weighted by molar-refractivity contribution is 7.15. The zero-order valence-corrected chi connectivity index (χ0v) is 17.7. The number of nitrogens with zero attached hydrogens (tertiary/aromatic N) is 3. The van der Waals surface area contributed by atoms with E-state index in [1.807, 2.05) is 18.3 Å². The fourth-order valence-corrected chi connectivity index (χ4v) is 4.80. The predicted molar refractivity (Wildman–Crippen MR) is 117 cm³/mol. The maximum Gasteiger partial charge on any atom is 0.259 e. The number of halogens is 1. The molecule has 1 amide bonds. The lowest BCUT2D eigenvalue weighted by atomic mass is 9.97. The van der Waals surface area contributed by atoms with Gasteiger partial charge < -0.3 is 10.2 Å². The van der Waals surface area contributed by atoms with Crippen LogP contribution in [0.4, 0.5) is 10.9 Å². The van der Waals surface area contributed by atoms with Crippen molar-refractivity contribution in [2.75, 3.05) is 36.4 Å². The molecule has 4 heterocycles. The second-order valence-corrected chi connectivity index (χ2v) is 8.41. The third-order valence-electron chi connectivity index (χ3n) is 5.43. The molecule has 2 aromatic heterocycles. The first-order chi connectivity index (χ1) is 13.3. The summed E-state index contributed by atoms with van der Waals surface area (Å²) in [5.74, 6) is 1.39. The van der Waals surface area contributed by atoms with Gasteiger partial charge in [0.15, 0.2) is 5.13 Å². The van der Waals surface area contributed by atoms with Crippen LogP contribution in [0.15, 0.2) is 24.5 Å². The van der Waals surface area contributed by atoms with E-state index in [1.165, 1.54) is 30.6 Å². The van der Waals surface area contributed by atoms with Gasteiger partial charge in [-0.1, -0.05) is 12.8 Å². The maximum absolute atomic E-state index is 12.5. The monoisotopic (exact) mass is 421 g/mol. The van der Waals surface area contributed by atoms with E-state index in [1.54, 1.807) is 17.5 Å². The maximum atomic E-state index is 12.5. The molecule has 0 radical (unpaired) electrons. The predicted octanol–water partition coefficient (Wildman–Crippen LogP) is 4.06. The van der Waals surface area contributed by atoms with E-state index in [2.05, 4.69) is 25.5 Å². The highest BCUT2D eigenvalue weighted by atomic mass is 35.5. The number of piperidine rings is 1. The minimum absolute atomic E-state index is 0. The fraction of sp³-hybridized carbons (Fsp3) is 0.550. The molecule has 6 nitrogen and oxygen atoms in total. The van der Waals surface area contributed by atoms with Crippen LogP contribution in [-0.4, -0.2) is 42.1 Å². The molecular formula is C20H28ClN5OS. The summed E-state index contributed by atoms with van der Waals surface area (Å²) in [6.45, 7) is 4.22. The number of amides is 1. The molecule has 0 saturated carbocycles. The number of anilines is 2. The quantitative estimate of drug-likeness (QED) is 0.778. The molecule has 2 aromatic rings. The highest BCUT2D eigenvalue weighted by Gasteiger charge is 2.19. The summed E-state index contributed by atoms with van der Waals surface area (Å²) in [4.78, 5) is 25.0. The number of carbonyl (C=O) groups is 1. The molecule has 152 valence electrons. The summed E-state index contributed by atoms with van der Waals surface area (Å²) < 4.78 is 0. The van der Waals surface area contributed by atoms with Crippen LogP contribution in [0.25, 0.3) is 0 Å². The van der Waals surface area contributed by atoms with Crippen LogP contribution in [0.1, 0.15) is 59.7 Å². The number of rotatable bonds is 4. The van der Waals surface area contributed by atoms with Crippen molar-refractivity contribution in [2.24, 2.45) is 0 Å². The van der Waals surface area contributed by atoms with E-state index in [-0.39, 0.29) is 18.3 Å². The van der Waals surface area contributed by atoms with Gasteiger partial charge in [0.1, 0.15) is 5.82 Å². The van der Waals surface area contributed by atoms with Crippen LogP contribution in [0.3, 0.4) is 0 Å². The molecule has 0 aromatic carbocycles. The van der Waals surface area contributed by atoms with Gasteiger partial charge in [0, 0.05) is 30.4 Å². The molecule has 0 aliphatic carbocycles. The van der Waals surface area contributed by atoms with Gasteiger partial charge >= 0.3 is 0 Å². The number of pyridine rings is 1. The van der Waals surface area contributed by atoms with E-state index in [0.29, 0.717) is 16.6 Å². The van der Waals surface area contributed by atoms with Crippen molar-refractivity contribution >= 4 is 40.6 Å². The second-order valence-electron chi connectivity index (χ2n) is 7.35. The molecule has 2 aliphatic heterocycles. The van der Waals surface area contributed by atoms with Crippen molar-refractivity contribution in [3.63, 3.8) is 0 Å². The first-order valence-electron chi connectivity index (χ1n) is 9.98. The van der Waals surface area contributed by atoms with Gasteiger partial charge in [-0.15, -0.1) is 23.7 Å². The Bertz CT molecular complexity index is 752. The zero-order chi connectivity index (χ0) is 18.5. The lowest BCUT2D eigenvalue weighted by Crippen LogP contribution is -2.26. The number of hydrogen-bond acceptors (Lipinski definition) is 6. The number of nitrogens with one attached hydrogen (secondary N) is 2. The molecule has 0 atom stereocenters.